The van der Waals surface area contributed by atoms with Crippen molar-refractivity contribution in [3.05, 3.63) is 29.8 Å². The second-order valence-corrected chi connectivity index (χ2v) is 4.88. The van der Waals surface area contributed by atoms with Crippen LogP contribution < -0.4 is 10.1 Å². The Bertz CT molecular complexity index is 397. The Kier molecular flexibility index (Phi) is 5.19. The summed E-state index contributed by atoms with van der Waals surface area (Å²) >= 11 is 0. The number of hydrogen-bond donors (Lipinski definition) is 1. The number of rotatable bonds is 7. The highest BCUT2D eigenvalue weighted by Gasteiger charge is 2.43. The zero-order valence-electron chi connectivity index (χ0n) is 11.9. The summed E-state index contributed by atoms with van der Waals surface area (Å²) in [6, 6.07) is 8.45. The molecular weight excluding hydrogens is 242 g/mol. The molecule has 1 saturated carbocycles. The summed E-state index contributed by atoms with van der Waals surface area (Å²) in [6.45, 7) is 3.28. The van der Waals surface area contributed by atoms with Crippen LogP contribution in [-0.4, -0.2) is 45.6 Å². The van der Waals surface area contributed by atoms with E-state index in [9.17, 15) is 0 Å². The predicted molar refractivity (Wildman–Crippen MR) is 74.7 cm³/mol. The third-order valence-electron chi connectivity index (χ3n) is 3.59. The van der Waals surface area contributed by atoms with Crippen LogP contribution in [0.5, 0.6) is 5.75 Å². The summed E-state index contributed by atoms with van der Waals surface area (Å²) in [4.78, 5) is 0. The lowest BCUT2D eigenvalue weighted by Crippen LogP contribution is -2.60. The Morgan fingerprint density at radius 2 is 2.05 bits per heavy atom. The molecule has 0 heterocycles. The highest BCUT2D eigenvalue weighted by Crippen LogP contribution is 2.30. The Morgan fingerprint density at radius 1 is 1.26 bits per heavy atom. The first-order valence-corrected chi connectivity index (χ1v) is 6.76. The summed E-state index contributed by atoms with van der Waals surface area (Å²) < 4.78 is 16.9. The first kappa shape index (κ1) is 14.3. The van der Waals surface area contributed by atoms with Crippen molar-refractivity contribution in [2.45, 2.75) is 31.6 Å². The van der Waals surface area contributed by atoms with E-state index >= 15 is 0 Å². The van der Waals surface area contributed by atoms with E-state index in [1.807, 2.05) is 25.2 Å². The van der Waals surface area contributed by atoms with Crippen molar-refractivity contribution in [1.82, 2.24) is 5.32 Å². The zero-order chi connectivity index (χ0) is 13.7. The molecule has 0 saturated heterocycles. The number of ether oxygens (including phenoxy) is 3. The predicted octanol–water partition coefficient (Wildman–Crippen LogP) is 1.77. The van der Waals surface area contributed by atoms with Gasteiger partial charge in [-0.25, -0.2) is 0 Å². The molecule has 0 radical (unpaired) electrons. The van der Waals surface area contributed by atoms with Crippen LogP contribution in [0, 0.1) is 6.92 Å². The van der Waals surface area contributed by atoms with Crippen LogP contribution in [0.1, 0.15) is 12.0 Å². The number of likely N-dealkylation sites (N-methyl/N-ethyl adjacent to an activating group) is 1. The lowest BCUT2D eigenvalue weighted by Gasteiger charge is -2.43. The Hall–Kier alpha value is -1.10. The van der Waals surface area contributed by atoms with Gasteiger partial charge in [0.2, 0.25) is 0 Å². The molecule has 0 aliphatic heterocycles. The molecule has 1 N–H and O–H groups in total. The van der Waals surface area contributed by atoms with Gasteiger partial charge < -0.3 is 19.5 Å². The Balaban J connectivity index is 1.91. The van der Waals surface area contributed by atoms with Crippen molar-refractivity contribution in [2.24, 2.45) is 0 Å². The van der Waals surface area contributed by atoms with Crippen molar-refractivity contribution in [1.29, 1.82) is 0 Å². The number of benzene rings is 1. The van der Waals surface area contributed by atoms with Crippen LogP contribution in [0.3, 0.4) is 0 Å². The second kappa shape index (κ2) is 6.89. The molecule has 1 aromatic rings. The van der Waals surface area contributed by atoms with E-state index in [4.69, 9.17) is 14.2 Å². The lowest BCUT2D eigenvalue weighted by molar-refractivity contribution is -0.114. The number of nitrogens with one attached hydrogen (secondary N) is 1. The fourth-order valence-corrected chi connectivity index (χ4v) is 2.32. The first-order chi connectivity index (χ1) is 9.26. The third kappa shape index (κ3) is 3.47. The van der Waals surface area contributed by atoms with E-state index in [0.29, 0.717) is 19.3 Å². The van der Waals surface area contributed by atoms with E-state index in [0.717, 1.165) is 17.7 Å². The molecule has 0 amide bonds. The average molecular weight is 265 g/mol. The first-order valence-electron chi connectivity index (χ1n) is 6.76. The van der Waals surface area contributed by atoms with Gasteiger partial charge in [0, 0.05) is 19.6 Å². The van der Waals surface area contributed by atoms with Crippen molar-refractivity contribution in [2.75, 3.05) is 27.4 Å². The van der Waals surface area contributed by atoms with Gasteiger partial charge in [-0.15, -0.1) is 0 Å². The van der Waals surface area contributed by atoms with E-state index in [2.05, 4.69) is 18.3 Å². The summed E-state index contributed by atoms with van der Waals surface area (Å²) in [7, 11) is 3.64. The summed E-state index contributed by atoms with van der Waals surface area (Å²) in [6.07, 6.45) is 1.19. The molecule has 106 valence electrons. The SMILES string of the molecule is CNC1CC(Oc2ccccc2C)C1OCCOC. The van der Waals surface area contributed by atoms with E-state index in [1.54, 1.807) is 7.11 Å². The van der Waals surface area contributed by atoms with Crippen molar-refractivity contribution in [3.8, 4) is 5.75 Å². The van der Waals surface area contributed by atoms with Gasteiger partial charge >= 0.3 is 0 Å². The second-order valence-electron chi connectivity index (χ2n) is 4.88. The highest BCUT2D eigenvalue weighted by atomic mass is 16.6. The van der Waals surface area contributed by atoms with Crippen LogP contribution in [0.4, 0.5) is 0 Å². The van der Waals surface area contributed by atoms with Crippen LogP contribution in [0.15, 0.2) is 24.3 Å². The van der Waals surface area contributed by atoms with Crippen LogP contribution in [0.25, 0.3) is 0 Å². The molecule has 0 spiro atoms. The molecule has 19 heavy (non-hydrogen) atoms. The van der Waals surface area contributed by atoms with Crippen LogP contribution in [0.2, 0.25) is 0 Å². The molecule has 2 rings (SSSR count). The van der Waals surface area contributed by atoms with Gasteiger partial charge in [-0.05, 0) is 25.6 Å². The summed E-state index contributed by atoms with van der Waals surface area (Å²) in [5, 5.41) is 3.26. The van der Waals surface area contributed by atoms with Crippen LogP contribution in [-0.2, 0) is 9.47 Å². The lowest BCUT2D eigenvalue weighted by atomic mass is 9.85. The third-order valence-corrected chi connectivity index (χ3v) is 3.59. The maximum absolute atomic E-state index is 6.05. The molecule has 0 bridgehead atoms. The fourth-order valence-electron chi connectivity index (χ4n) is 2.32. The van der Waals surface area contributed by atoms with Crippen molar-refractivity contribution < 1.29 is 14.2 Å². The number of methoxy groups -OCH3 is 1. The molecule has 1 aliphatic carbocycles. The highest BCUT2D eigenvalue weighted by molar-refractivity contribution is 5.32. The molecule has 3 unspecified atom stereocenters. The minimum Gasteiger partial charge on any atom is -0.487 e. The largest absolute Gasteiger partial charge is 0.487 e. The smallest absolute Gasteiger partial charge is 0.128 e. The molecule has 3 atom stereocenters. The Morgan fingerprint density at radius 3 is 2.74 bits per heavy atom. The van der Waals surface area contributed by atoms with Crippen molar-refractivity contribution in [3.63, 3.8) is 0 Å². The molecule has 1 aliphatic rings. The molecular formula is C15H23NO3. The quantitative estimate of drug-likeness (QED) is 0.763. The molecule has 0 aromatic heterocycles. The van der Waals surface area contributed by atoms with Gasteiger partial charge in [0.15, 0.2) is 0 Å². The average Bonchev–Trinajstić information content (AvgIpc) is 2.41. The van der Waals surface area contributed by atoms with Crippen molar-refractivity contribution >= 4 is 0 Å². The molecule has 4 heteroatoms. The summed E-state index contributed by atoms with van der Waals surface area (Å²) in [5.41, 5.74) is 1.16. The zero-order valence-corrected chi connectivity index (χ0v) is 11.9. The van der Waals surface area contributed by atoms with Gasteiger partial charge in [0.1, 0.15) is 18.0 Å². The van der Waals surface area contributed by atoms with Gasteiger partial charge in [-0.1, -0.05) is 18.2 Å². The Labute approximate surface area is 115 Å². The summed E-state index contributed by atoms with van der Waals surface area (Å²) in [5.74, 6) is 0.947. The molecule has 1 aromatic carbocycles. The maximum atomic E-state index is 6.05. The van der Waals surface area contributed by atoms with Gasteiger partial charge in [-0.3, -0.25) is 0 Å². The van der Waals surface area contributed by atoms with Gasteiger partial charge in [-0.2, -0.15) is 0 Å². The number of hydrogen-bond acceptors (Lipinski definition) is 4. The normalized spacial score (nSPS) is 25.9. The van der Waals surface area contributed by atoms with E-state index in [1.165, 1.54) is 0 Å². The standard InChI is InChI=1S/C15H23NO3/c1-11-6-4-5-7-13(11)19-14-10-12(16-2)15(14)18-9-8-17-3/h4-7,12,14-16H,8-10H2,1-3H3. The number of para-hydroxylation sites is 1. The number of aryl methyl sites for hydroxylation is 1. The molecule has 1 fully saturated rings. The topological polar surface area (TPSA) is 39.7 Å². The minimum atomic E-state index is 0.0970. The van der Waals surface area contributed by atoms with E-state index < -0.39 is 0 Å². The fraction of sp³-hybridized carbons (Fsp3) is 0.600. The van der Waals surface area contributed by atoms with Crippen LogP contribution >= 0.6 is 0 Å². The maximum Gasteiger partial charge on any atom is 0.128 e. The molecule has 4 nitrogen and oxygen atoms in total. The van der Waals surface area contributed by atoms with Gasteiger partial charge in [0.25, 0.3) is 0 Å². The monoisotopic (exact) mass is 265 g/mol. The minimum absolute atomic E-state index is 0.0970. The van der Waals surface area contributed by atoms with Gasteiger partial charge in [0.05, 0.1) is 13.2 Å². The van der Waals surface area contributed by atoms with E-state index in [-0.39, 0.29) is 12.2 Å².